The first-order chi connectivity index (χ1) is 10.6. The highest BCUT2D eigenvalue weighted by molar-refractivity contribution is 6.43. The molecule has 2 amide bonds. The number of non-ortho nitro benzene ring substituents is 1. The van der Waals surface area contributed by atoms with Gasteiger partial charge in [0, 0.05) is 18.2 Å². The van der Waals surface area contributed by atoms with Crippen LogP contribution in [0.1, 0.15) is 5.56 Å². The number of hydrogen-bond donors (Lipinski definition) is 0. The van der Waals surface area contributed by atoms with Crippen molar-refractivity contribution in [3.63, 3.8) is 0 Å². The maximum absolute atomic E-state index is 12.5. The van der Waals surface area contributed by atoms with Crippen LogP contribution in [0, 0.1) is 10.1 Å². The number of nitrogens with zero attached hydrogens (tertiary/aromatic N) is 2. The van der Waals surface area contributed by atoms with E-state index in [9.17, 15) is 19.7 Å². The van der Waals surface area contributed by atoms with Gasteiger partial charge in [0.1, 0.15) is 0 Å². The van der Waals surface area contributed by atoms with Crippen molar-refractivity contribution in [1.82, 2.24) is 0 Å². The van der Waals surface area contributed by atoms with Gasteiger partial charge in [0.05, 0.1) is 16.2 Å². The molecule has 22 heavy (non-hydrogen) atoms. The molecule has 1 aliphatic heterocycles. The lowest BCUT2D eigenvalue weighted by Crippen LogP contribution is -2.30. The van der Waals surface area contributed by atoms with Crippen molar-refractivity contribution in [2.75, 3.05) is 4.90 Å². The summed E-state index contributed by atoms with van der Waals surface area (Å²) in [5.74, 6) is -0.999. The minimum Gasteiger partial charge on any atom is -0.269 e. The Kier molecular flexibility index (Phi) is 3.27. The Labute approximate surface area is 125 Å². The Bertz CT molecular complexity index is 812. The molecule has 0 spiro atoms. The Morgan fingerprint density at radius 2 is 1.68 bits per heavy atom. The molecule has 6 nitrogen and oxygen atoms in total. The van der Waals surface area contributed by atoms with Gasteiger partial charge in [-0.1, -0.05) is 36.4 Å². The Balaban J connectivity index is 1.98. The molecule has 0 saturated heterocycles. The molecule has 0 atom stereocenters. The van der Waals surface area contributed by atoms with E-state index < -0.39 is 16.7 Å². The number of amides is 2. The van der Waals surface area contributed by atoms with Crippen LogP contribution in [0.15, 0.2) is 60.7 Å². The third-order valence-corrected chi connectivity index (χ3v) is 3.31. The fraction of sp³-hybridized carbons (Fsp3) is 0. The number of carbonyl (C=O) groups is 2. The van der Waals surface area contributed by atoms with E-state index in [4.69, 9.17) is 0 Å². The molecule has 1 heterocycles. The van der Waals surface area contributed by atoms with Crippen molar-refractivity contribution in [2.45, 2.75) is 0 Å². The molecule has 0 unspecified atom stereocenters. The molecule has 0 aliphatic carbocycles. The van der Waals surface area contributed by atoms with E-state index in [-0.39, 0.29) is 16.9 Å². The second kappa shape index (κ2) is 5.25. The van der Waals surface area contributed by atoms with Crippen molar-refractivity contribution >= 4 is 28.8 Å². The van der Waals surface area contributed by atoms with Crippen molar-refractivity contribution < 1.29 is 14.5 Å². The molecular weight excluding hydrogens is 284 g/mol. The zero-order chi connectivity index (χ0) is 15.7. The lowest BCUT2D eigenvalue weighted by molar-refractivity contribution is -0.384. The van der Waals surface area contributed by atoms with E-state index >= 15 is 0 Å². The van der Waals surface area contributed by atoms with Crippen molar-refractivity contribution in [3.05, 3.63) is 76.4 Å². The number of benzene rings is 2. The molecule has 0 saturated carbocycles. The quantitative estimate of drug-likeness (QED) is 0.495. The first-order valence-corrected chi connectivity index (χ1v) is 6.48. The number of nitro benzene ring substituents is 1. The summed E-state index contributed by atoms with van der Waals surface area (Å²) in [5.41, 5.74) is 0.920. The second-order valence-electron chi connectivity index (χ2n) is 4.68. The van der Waals surface area contributed by atoms with Crippen LogP contribution >= 0.6 is 0 Å². The first-order valence-electron chi connectivity index (χ1n) is 6.48. The van der Waals surface area contributed by atoms with Crippen molar-refractivity contribution in [3.8, 4) is 0 Å². The monoisotopic (exact) mass is 294 g/mol. The van der Waals surface area contributed by atoms with Gasteiger partial charge in [-0.2, -0.15) is 0 Å². The fourth-order valence-corrected chi connectivity index (χ4v) is 2.28. The lowest BCUT2D eigenvalue weighted by atomic mass is 10.1. The Morgan fingerprint density at radius 1 is 0.955 bits per heavy atom. The van der Waals surface area contributed by atoms with Gasteiger partial charge in [0.25, 0.3) is 17.5 Å². The van der Waals surface area contributed by atoms with E-state index in [1.54, 1.807) is 24.3 Å². The van der Waals surface area contributed by atoms with E-state index in [1.807, 2.05) is 6.07 Å². The van der Waals surface area contributed by atoms with Gasteiger partial charge in [-0.15, -0.1) is 0 Å². The molecule has 3 rings (SSSR count). The number of nitro groups is 1. The minimum absolute atomic E-state index is 0.175. The summed E-state index contributed by atoms with van der Waals surface area (Å²) in [6.45, 7) is 0. The molecule has 0 aromatic heterocycles. The molecule has 108 valence electrons. The van der Waals surface area contributed by atoms with Gasteiger partial charge in [0.2, 0.25) is 0 Å². The molecule has 0 radical (unpaired) electrons. The average Bonchev–Trinajstić information content (AvgIpc) is 2.83. The van der Waals surface area contributed by atoms with Crippen LogP contribution in [0.25, 0.3) is 5.57 Å². The molecule has 1 aliphatic rings. The number of carbonyl (C=O) groups excluding carboxylic acids is 2. The van der Waals surface area contributed by atoms with Crippen LogP contribution in [0.2, 0.25) is 0 Å². The zero-order valence-corrected chi connectivity index (χ0v) is 11.3. The van der Waals surface area contributed by atoms with Crippen LogP contribution < -0.4 is 4.90 Å². The summed E-state index contributed by atoms with van der Waals surface area (Å²) < 4.78 is 0. The van der Waals surface area contributed by atoms with Gasteiger partial charge in [-0.25, -0.2) is 4.90 Å². The smallest absolute Gasteiger partial charge is 0.269 e. The highest BCUT2D eigenvalue weighted by atomic mass is 16.6. The molecular formula is C16H10N2O4. The van der Waals surface area contributed by atoms with Crippen LogP contribution in [0.5, 0.6) is 0 Å². The zero-order valence-electron chi connectivity index (χ0n) is 11.3. The summed E-state index contributed by atoms with van der Waals surface area (Å²) in [4.78, 5) is 35.8. The maximum atomic E-state index is 12.5. The molecule has 2 aromatic rings. The minimum atomic E-state index is -0.569. The van der Waals surface area contributed by atoms with E-state index in [0.29, 0.717) is 5.56 Å². The molecule has 0 fully saturated rings. The lowest BCUT2D eigenvalue weighted by Gasteiger charge is -2.14. The predicted molar refractivity (Wildman–Crippen MR) is 80.0 cm³/mol. The Morgan fingerprint density at radius 3 is 2.36 bits per heavy atom. The van der Waals surface area contributed by atoms with Crippen LogP contribution in [-0.4, -0.2) is 16.7 Å². The van der Waals surface area contributed by atoms with Crippen molar-refractivity contribution in [1.29, 1.82) is 0 Å². The fourth-order valence-electron chi connectivity index (χ4n) is 2.28. The third-order valence-electron chi connectivity index (χ3n) is 3.31. The first kappa shape index (κ1) is 13.7. The number of rotatable bonds is 3. The summed E-state index contributed by atoms with van der Waals surface area (Å²) >= 11 is 0. The normalized spacial score (nSPS) is 14.2. The van der Waals surface area contributed by atoms with Crippen molar-refractivity contribution in [2.24, 2.45) is 0 Å². The summed E-state index contributed by atoms with van der Waals surface area (Å²) in [6, 6.07) is 14.2. The molecule has 2 aromatic carbocycles. The van der Waals surface area contributed by atoms with Gasteiger partial charge >= 0.3 is 0 Å². The van der Waals surface area contributed by atoms with E-state index in [0.717, 1.165) is 4.90 Å². The Hall–Kier alpha value is -3.28. The number of hydrogen-bond acceptors (Lipinski definition) is 4. The molecule has 0 N–H and O–H groups in total. The standard InChI is InChI=1S/C16H10N2O4/c19-15-10-14(11-5-2-1-3-6-11)16(20)17(15)12-7-4-8-13(9-12)18(21)22/h1-10H. The summed E-state index contributed by atoms with van der Waals surface area (Å²) in [6.07, 6.45) is 1.25. The van der Waals surface area contributed by atoms with Crippen LogP contribution in [0.4, 0.5) is 11.4 Å². The maximum Gasteiger partial charge on any atom is 0.271 e. The highest BCUT2D eigenvalue weighted by Gasteiger charge is 2.33. The van der Waals surface area contributed by atoms with Gasteiger partial charge in [-0.3, -0.25) is 19.7 Å². The highest BCUT2D eigenvalue weighted by Crippen LogP contribution is 2.29. The van der Waals surface area contributed by atoms with Crippen LogP contribution in [-0.2, 0) is 9.59 Å². The number of anilines is 1. The third kappa shape index (κ3) is 2.26. The largest absolute Gasteiger partial charge is 0.271 e. The average molecular weight is 294 g/mol. The van der Waals surface area contributed by atoms with Crippen LogP contribution in [0.3, 0.4) is 0 Å². The SMILES string of the molecule is O=C1C=C(c2ccccc2)C(=O)N1c1cccc([N+](=O)[O-])c1. The van der Waals surface area contributed by atoms with Gasteiger partial charge < -0.3 is 0 Å². The topological polar surface area (TPSA) is 80.5 Å². The predicted octanol–water partition coefficient (Wildman–Crippen LogP) is 2.55. The van der Waals surface area contributed by atoms with E-state index in [1.165, 1.54) is 30.3 Å². The molecule has 6 heteroatoms. The van der Waals surface area contributed by atoms with E-state index in [2.05, 4.69) is 0 Å². The second-order valence-corrected chi connectivity index (χ2v) is 4.68. The number of imide groups is 1. The van der Waals surface area contributed by atoms with Gasteiger partial charge in [-0.05, 0) is 11.6 Å². The van der Waals surface area contributed by atoms with Gasteiger partial charge in [0.15, 0.2) is 0 Å². The summed E-state index contributed by atoms with van der Waals surface area (Å²) in [7, 11) is 0. The molecule has 0 bridgehead atoms. The summed E-state index contributed by atoms with van der Waals surface area (Å²) in [5, 5.41) is 10.8.